The molecule has 0 aromatic heterocycles. The van der Waals surface area contributed by atoms with E-state index >= 15 is 0 Å². The third-order valence-electron chi connectivity index (χ3n) is 1.62. The van der Waals surface area contributed by atoms with Gasteiger partial charge in [0.1, 0.15) is 12.6 Å². The lowest BCUT2D eigenvalue weighted by atomic mass is 10.3. The van der Waals surface area contributed by atoms with Gasteiger partial charge in [-0.25, -0.2) is 9.59 Å². The predicted molar refractivity (Wildman–Crippen MR) is 35.2 cm³/mol. The fourth-order valence-corrected chi connectivity index (χ4v) is 0.891. The number of carbonyl (C=O) groups excluding carboxylic acids is 1. The molecule has 62 valence electrons. The fraction of sp³-hybridized carbons (Fsp3) is 0.667. The van der Waals surface area contributed by atoms with Crippen LogP contribution in [-0.2, 0) is 9.53 Å². The van der Waals surface area contributed by atoms with Crippen LogP contribution in [0.1, 0.15) is 6.92 Å². The Morgan fingerprint density at radius 3 is 2.82 bits per heavy atom. The second-order valence-corrected chi connectivity index (χ2v) is 2.32. The van der Waals surface area contributed by atoms with Gasteiger partial charge in [-0.3, -0.25) is 4.90 Å². The zero-order valence-corrected chi connectivity index (χ0v) is 6.11. The summed E-state index contributed by atoms with van der Waals surface area (Å²) in [5.41, 5.74) is 0. The van der Waals surface area contributed by atoms with Crippen molar-refractivity contribution in [3.63, 3.8) is 0 Å². The van der Waals surface area contributed by atoms with Gasteiger partial charge < -0.3 is 9.84 Å². The molecule has 1 aliphatic heterocycles. The van der Waals surface area contributed by atoms with E-state index in [1.54, 1.807) is 0 Å². The third-order valence-corrected chi connectivity index (χ3v) is 1.62. The molecule has 0 saturated carbocycles. The topological polar surface area (TPSA) is 66.8 Å². The van der Waals surface area contributed by atoms with Crippen molar-refractivity contribution in [1.29, 1.82) is 0 Å². The molecule has 1 atom stereocenters. The summed E-state index contributed by atoms with van der Waals surface area (Å²) in [5, 5.41) is 8.51. The molecule has 0 bridgehead atoms. The molecule has 0 unspecified atom stereocenters. The minimum Gasteiger partial charge on any atom is -0.480 e. The lowest BCUT2D eigenvalue weighted by Gasteiger charge is -2.16. The van der Waals surface area contributed by atoms with Gasteiger partial charge in [-0.15, -0.1) is 0 Å². The maximum atomic E-state index is 10.8. The van der Waals surface area contributed by atoms with Gasteiger partial charge in [0.25, 0.3) is 0 Å². The van der Waals surface area contributed by atoms with Crippen LogP contribution in [-0.4, -0.2) is 41.3 Å². The van der Waals surface area contributed by atoms with Crippen LogP contribution in [0.4, 0.5) is 4.79 Å². The molecule has 0 aliphatic carbocycles. The highest BCUT2D eigenvalue weighted by Crippen LogP contribution is 2.07. The SMILES string of the molecule is C[C@H](C(=O)O)N1CCOC1=O. The predicted octanol–water partition coefficient (Wildman–Crippen LogP) is -0.0883. The van der Waals surface area contributed by atoms with Crippen LogP contribution in [0.5, 0.6) is 0 Å². The number of hydrogen-bond donors (Lipinski definition) is 1. The molecule has 1 amide bonds. The number of nitrogens with zero attached hydrogens (tertiary/aromatic N) is 1. The van der Waals surface area contributed by atoms with Gasteiger partial charge in [-0.2, -0.15) is 0 Å². The molecule has 0 spiro atoms. The van der Waals surface area contributed by atoms with Crippen molar-refractivity contribution >= 4 is 12.1 Å². The van der Waals surface area contributed by atoms with Crippen LogP contribution in [0.25, 0.3) is 0 Å². The van der Waals surface area contributed by atoms with Crippen LogP contribution in [0.3, 0.4) is 0 Å². The lowest BCUT2D eigenvalue weighted by Crippen LogP contribution is -2.39. The molecule has 0 radical (unpaired) electrons. The second-order valence-electron chi connectivity index (χ2n) is 2.32. The van der Waals surface area contributed by atoms with Gasteiger partial charge in [0.2, 0.25) is 0 Å². The van der Waals surface area contributed by atoms with Crippen molar-refractivity contribution in [2.75, 3.05) is 13.2 Å². The van der Waals surface area contributed by atoms with Gasteiger partial charge in [0.15, 0.2) is 0 Å². The van der Waals surface area contributed by atoms with E-state index in [0.717, 1.165) is 0 Å². The minimum atomic E-state index is -1.01. The fourth-order valence-electron chi connectivity index (χ4n) is 0.891. The van der Waals surface area contributed by atoms with Crippen molar-refractivity contribution in [3.05, 3.63) is 0 Å². The zero-order chi connectivity index (χ0) is 8.43. The molecule has 0 aromatic rings. The Balaban J connectivity index is 2.59. The Labute approximate surface area is 63.5 Å². The van der Waals surface area contributed by atoms with Crippen molar-refractivity contribution in [3.8, 4) is 0 Å². The molecule has 1 aliphatic rings. The molecular weight excluding hydrogens is 150 g/mol. The van der Waals surface area contributed by atoms with E-state index in [2.05, 4.69) is 4.74 Å². The Kier molecular flexibility index (Phi) is 1.98. The molecule has 5 heteroatoms. The van der Waals surface area contributed by atoms with Crippen LogP contribution in [0.15, 0.2) is 0 Å². The monoisotopic (exact) mass is 159 g/mol. The smallest absolute Gasteiger partial charge is 0.410 e. The first-order valence-electron chi connectivity index (χ1n) is 3.29. The molecule has 5 nitrogen and oxygen atoms in total. The van der Waals surface area contributed by atoms with Crippen molar-refractivity contribution < 1.29 is 19.4 Å². The Bertz CT molecular complexity index is 191. The summed E-state index contributed by atoms with van der Waals surface area (Å²) in [7, 11) is 0. The van der Waals surface area contributed by atoms with Gasteiger partial charge >= 0.3 is 12.1 Å². The van der Waals surface area contributed by atoms with Gasteiger partial charge in [0.05, 0.1) is 6.54 Å². The van der Waals surface area contributed by atoms with E-state index in [9.17, 15) is 9.59 Å². The molecule has 1 rings (SSSR count). The van der Waals surface area contributed by atoms with Gasteiger partial charge in [-0.05, 0) is 6.92 Å². The Morgan fingerprint density at radius 1 is 1.82 bits per heavy atom. The molecular formula is C6H9NO4. The summed E-state index contributed by atoms with van der Waals surface area (Å²) in [6, 6.07) is -0.787. The molecule has 1 saturated heterocycles. The van der Waals surface area contributed by atoms with Crippen LogP contribution < -0.4 is 0 Å². The molecule has 1 fully saturated rings. The quantitative estimate of drug-likeness (QED) is 0.611. The van der Waals surface area contributed by atoms with E-state index in [-0.39, 0.29) is 6.61 Å². The van der Waals surface area contributed by atoms with Crippen molar-refractivity contribution in [2.45, 2.75) is 13.0 Å². The van der Waals surface area contributed by atoms with Crippen molar-refractivity contribution in [1.82, 2.24) is 4.90 Å². The molecule has 11 heavy (non-hydrogen) atoms. The normalized spacial score (nSPS) is 19.7. The highest BCUT2D eigenvalue weighted by molar-refractivity contribution is 5.80. The number of aliphatic carboxylic acids is 1. The molecule has 1 heterocycles. The number of hydrogen-bond acceptors (Lipinski definition) is 3. The van der Waals surface area contributed by atoms with Gasteiger partial charge in [-0.1, -0.05) is 0 Å². The molecule has 0 aromatic carbocycles. The first-order valence-corrected chi connectivity index (χ1v) is 3.29. The Hall–Kier alpha value is -1.26. The average molecular weight is 159 g/mol. The van der Waals surface area contributed by atoms with E-state index in [1.807, 2.05) is 0 Å². The Morgan fingerprint density at radius 2 is 2.45 bits per heavy atom. The summed E-state index contributed by atoms with van der Waals surface area (Å²) >= 11 is 0. The summed E-state index contributed by atoms with van der Waals surface area (Å²) in [6.07, 6.45) is -0.542. The van der Waals surface area contributed by atoms with E-state index in [1.165, 1.54) is 11.8 Å². The van der Waals surface area contributed by atoms with Crippen LogP contribution >= 0.6 is 0 Å². The largest absolute Gasteiger partial charge is 0.480 e. The summed E-state index contributed by atoms with van der Waals surface area (Å²) in [6.45, 7) is 2.11. The number of carboxylic acid groups (broad SMARTS) is 1. The average Bonchev–Trinajstić information content (AvgIpc) is 2.33. The first kappa shape index (κ1) is 7.84. The number of carbonyl (C=O) groups is 2. The first-order chi connectivity index (χ1) is 5.13. The van der Waals surface area contributed by atoms with E-state index in [4.69, 9.17) is 5.11 Å². The number of amides is 1. The summed E-state index contributed by atoms with van der Waals surface area (Å²) in [5.74, 6) is -1.01. The van der Waals surface area contributed by atoms with E-state index < -0.39 is 18.1 Å². The number of cyclic esters (lactones) is 1. The van der Waals surface area contributed by atoms with Crippen LogP contribution in [0, 0.1) is 0 Å². The third kappa shape index (κ3) is 1.42. The maximum absolute atomic E-state index is 10.8. The highest BCUT2D eigenvalue weighted by atomic mass is 16.6. The maximum Gasteiger partial charge on any atom is 0.410 e. The summed E-state index contributed by atoms with van der Waals surface area (Å²) < 4.78 is 4.56. The highest BCUT2D eigenvalue weighted by Gasteiger charge is 2.30. The van der Waals surface area contributed by atoms with Crippen LogP contribution in [0.2, 0.25) is 0 Å². The lowest BCUT2D eigenvalue weighted by molar-refractivity contribution is -0.141. The van der Waals surface area contributed by atoms with Crippen molar-refractivity contribution in [2.24, 2.45) is 0 Å². The summed E-state index contributed by atoms with van der Waals surface area (Å²) in [4.78, 5) is 22.3. The number of carboxylic acids is 1. The standard InChI is InChI=1S/C6H9NO4/c1-4(5(8)9)7-2-3-11-6(7)10/h4H,2-3H2,1H3,(H,8,9)/t4-/m1/s1. The van der Waals surface area contributed by atoms with E-state index in [0.29, 0.717) is 6.54 Å². The molecule has 1 N–H and O–H groups in total. The number of rotatable bonds is 2. The van der Waals surface area contributed by atoms with Gasteiger partial charge in [0, 0.05) is 0 Å². The second kappa shape index (κ2) is 2.77. The minimum absolute atomic E-state index is 0.288. The number of ether oxygens (including phenoxy) is 1. The zero-order valence-electron chi connectivity index (χ0n) is 6.11.